The van der Waals surface area contributed by atoms with Gasteiger partial charge in [-0.3, -0.25) is 4.79 Å². The number of hydrogen-bond acceptors (Lipinski definition) is 3. The van der Waals surface area contributed by atoms with Crippen LogP contribution in [0.25, 0.3) is 0 Å². The van der Waals surface area contributed by atoms with Crippen molar-refractivity contribution in [3.63, 3.8) is 0 Å². The number of likely N-dealkylation sites (tertiary alicyclic amines) is 1. The lowest BCUT2D eigenvalue weighted by Crippen LogP contribution is -2.40. The predicted molar refractivity (Wildman–Crippen MR) is 94.0 cm³/mol. The molecule has 6 heteroatoms. The molecule has 1 aromatic rings. The number of halogens is 1. The Bertz CT molecular complexity index is 583. The second-order valence-electron chi connectivity index (χ2n) is 6.64. The minimum atomic E-state index is -1.11. The van der Waals surface area contributed by atoms with Crippen molar-refractivity contribution in [1.29, 1.82) is 0 Å². The van der Waals surface area contributed by atoms with Crippen LogP contribution in [0.2, 0.25) is 5.02 Å². The minimum absolute atomic E-state index is 0.231. The molecular formula is C18H25ClN2O3. The molecule has 1 aromatic carbocycles. The van der Waals surface area contributed by atoms with E-state index in [4.69, 9.17) is 11.6 Å². The number of carboxylic acid groups (broad SMARTS) is 1. The number of rotatable bonds is 6. The number of carboxylic acids is 1. The number of amides is 1. The Morgan fingerprint density at radius 2 is 1.92 bits per heavy atom. The van der Waals surface area contributed by atoms with E-state index in [2.05, 4.69) is 24.1 Å². The Labute approximate surface area is 148 Å². The van der Waals surface area contributed by atoms with Gasteiger partial charge in [-0.1, -0.05) is 29.8 Å². The topological polar surface area (TPSA) is 69.6 Å². The second kappa shape index (κ2) is 8.49. The summed E-state index contributed by atoms with van der Waals surface area (Å²) in [6.45, 7) is 6.33. The molecule has 2 rings (SSSR count). The number of piperidine rings is 1. The van der Waals surface area contributed by atoms with E-state index in [0.29, 0.717) is 29.0 Å². The van der Waals surface area contributed by atoms with Crippen LogP contribution in [-0.4, -0.2) is 41.0 Å². The van der Waals surface area contributed by atoms with Gasteiger partial charge in [-0.25, -0.2) is 4.79 Å². The van der Waals surface area contributed by atoms with E-state index in [-0.39, 0.29) is 5.91 Å². The van der Waals surface area contributed by atoms with E-state index >= 15 is 0 Å². The third-order valence-corrected chi connectivity index (χ3v) is 4.97. The molecule has 1 heterocycles. The molecule has 0 saturated carbocycles. The SMILES string of the molecule is CC(C)N1CCC(CC(=O)N[C@H](C(=O)O)c2ccccc2Cl)CC1. The third kappa shape index (κ3) is 4.95. The Morgan fingerprint density at radius 1 is 1.29 bits per heavy atom. The molecule has 24 heavy (non-hydrogen) atoms. The molecular weight excluding hydrogens is 328 g/mol. The number of carbonyl (C=O) groups is 2. The van der Waals surface area contributed by atoms with Crippen LogP contribution in [0.1, 0.15) is 44.7 Å². The average Bonchev–Trinajstić information content (AvgIpc) is 2.53. The average molecular weight is 353 g/mol. The zero-order chi connectivity index (χ0) is 17.7. The van der Waals surface area contributed by atoms with E-state index in [1.807, 2.05) is 0 Å². The fourth-order valence-electron chi connectivity index (χ4n) is 3.14. The highest BCUT2D eigenvalue weighted by molar-refractivity contribution is 6.31. The van der Waals surface area contributed by atoms with Crippen molar-refractivity contribution in [2.75, 3.05) is 13.1 Å². The van der Waals surface area contributed by atoms with Gasteiger partial charge < -0.3 is 15.3 Å². The zero-order valence-corrected chi connectivity index (χ0v) is 14.9. The number of nitrogens with one attached hydrogen (secondary N) is 1. The minimum Gasteiger partial charge on any atom is -0.479 e. The van der Waals surface area contributed by atoms with Crippen LogP contribution in [0.15, 0.2) is 24.3 Å². The lowest BCUT2D eigenvalue weighted by Gasteiger charge is -2.34. The van der Waals surface area contributed by atoms with E-state index < -0.39 is 12.0 Å². The number of nitrogens with zero attached hydrogens (tertiary/aromatic N) is 1. The number of aliphatic carboxylic acids is 1. The van der Waals surface area contributed by atoms with E-state index in [0.717, 1.165) is 25.9 Å². The molecule has 0 unspecified atom stereocenters. The first-order valence-corrected chi connectivity index (χ1v) is 8.77. The monoisotopic (exact) mass is 352 g/mol. The van der Waals surface area contributed by atoms with Gasteiger partial charge in [-0.05, 0) is 51.8 Å². The summed E-state index contributed by atoms with van der Waals surface area (Å²) in [5, 5.41) is 12.4. The number of carbonyl (C=O) groups excluding carboxylic acids is 1. The Balaban J connectivity index is 1.93. The van der Waals surface area contributed by atoms with Crippen LogP contribution in [0.5, 0.6) is 0 Å². The van der Waals surface area contributed by atoms with Crippen molar-refractivity contribution in [3.8, 4) is 0 Å². The molecule has 0 spiro atoms. The van der Waals surface area contributed by atoms with Gasteiger partial charge in [0, 0.05) is 23.0 Å². The van der Waals surface area contributed by atoms with Gasteiger partial charge in [0.15, 0.2) is 6.04 Å². The number of hydrogen-bond donors (Lipinski definition) is 2. The standard InChI is InChI=1S/C18H25ClN2O3/c1-12(2)21-9-7-13(8-10-21)11-16(22)20-17(18(23)24)14-5-3-4-6-15(14)19/h3-6,12-13,17H,7-11H2,1-2H3,(H,20,22)(H,23,24)/t17-/m0/s1. The Kier molecular flexibility index (Phi) is 6.63. The first kappa shape index (κ1) is 18.7. The maximum atomic E-state index is 12.3. The van der Waals surface area contributed by atoms with Gasteiger partial charge >= 0.3 is 5.97 Å². The third-order valence-electron chi connectivity index (χ3n) is 4.62. The molecule has 2 N–H and O–H groups in total. The van der Waals surface area contributed by atoms with E-state index in [9.17, 15) is 14.7 Å². The molecule has 0 bridgehead atoms. The van der Waals surface area contributed by atoms with Crippen LogP contribution in [-0.2, 0) is 9.59 Å². The molecule has 5 nitrogen and oxygen atoms in total. The fourth-order valence-corrected chi connectivity index (χ4v) is 3.38. The second-order valence-corrected chi connectivity index (χ2v) is 7.04. The summed E-state index contributed by atoms with van der Waals surface area (Å²) in [5.41, 5.74) is 0.412. The summed E-state index contributed by atoms with van der Waals surface area (Å²) in [6.07, 6.45) is 2.30. The van der Waals surface area contributed by atoms with Crippen molar-refractivity contribution >= 4 is 23.5 Å². The summed E-state index contributed by atoms with van der Waals surface area (Å²) in [6, 6.07) is 6.11. The van der Waals surface area contributed by atoms with Gasteiger partial charge in [-0.2, -0.15) is 0 Å². The summed E-state index contributed by atoms with van der Waals surface area (Å²) >= 11 is 6.06. The maximum Gasteiger partial charge on any atom is 0.330 e. The van der Waals surface area contributed by atoms with Crippen molar-refractivity contribution in [2.45, 2.75) is 45.2 Å². The molecule has 1 atom stereocenters. The quantitative estimate of drug-likeness (QED) is 0.825. The lowest BCUT2D eigenvalue weighted by molar-refractivity contribution is -0.142. The van der Waals surface area contributed by atoms with Crippen LogP contribution in [0.3, 0.4) is 0 Å². The van der Waals surface area contributed by atoms with Gasteiger partial charge in [0.1, 0.15) is 0 Å². The van der Waals surface area contributed by atoms with Gasteiger partial charge in [0.25, 0.3) is 0 Å². The summed E-state index contributed by atoms with van der Waals surface area (Å²) in [4.78, 5) is 26.2. The lowest BCUT2D eigenvalue weighted by atomic mass is 9.92. The summed E-state index contributed by atoms with van der Waals surface area (Å²) in [5.74, 6) is -1.03. The molecule has 1 amide bonds. The molecule has 1 fully saturated rings. The van der Waals surface area contributed by atoms with Crippen molar-refractivity contribution < 1.29 is 14.7 Å². The molecule has 0 aliphatic carbocycles. The van der Waals surface area contributed by atoms with Crippen molar-refractivity contribution in [2.24, 2.45) is 5.92 Å². The first-order chi connectivity index (χ1) is 11.4. The molecule has 1 aliphatic heterocycles. The van der Waals surface area contributed by atoms with Crippen LogP contribution in [0, 0.1) is 5.92 Å². The van der Waals surface area contributed by atoms with Crippen LogP contribution < -0.4 is 5.32 Å². The fraction of sp³-hybridized carbons (Fsp3) is 0.556. The highest BCUT2D eigenvalue weighted by Gasteiger charge is 2.27. The van der Waals surface area contributed by atoms with E-state index in [1.54, 1.807) is 24.3 Å². The smallest absolute Gasteiger partial charge is 0.330 e. The highest BCUT2D eigenvalue weighted by Crippen LogP contribution is 2.25. The van der Waals surface area contributed by atoms with Crippen LogP contribution in [0.4, 0.5) is 0 Å². The Morgan fingerprint density at radius 3 is 2.46 bits per heavy atom. The maximum absolute atomic E-state index is 12.3. The molecule has 1 aliphatic rings. The number of benzene rings is 1. The summed E-state index contributed by atoms with van der Waals surface area (Å²) in [7, 11) is 0. The first-order valence-electron chi connectivity index (χ1n) is 8.39. The molecule has 1 saturated heterocycles. The highest BCUT2D eigenvalue weighted by atomic mass is 35.5. The van der Waals surface area contributed by atoms with Gasteiger partial charge in [-0.15, -0.1) is 0 Å². The van der Waals surface area contributed by atoms with Gasteiger partial charge in [0.05, 0.1) is 0 Å². The normalized spacial score (nSPS) is 17.7. The van der Waals surface area contributed by atoms with Crippen molar-refractivity contribution in [3.05, 3.63) is 34.9 Å². The zero-order valence-electron chi connectivity index (χ0n) is 14.2. The molecule has 132 valence electrons. The van der Waals surface area contributed by atoms with Crippen LogP contribution >= 0.6 is 11.6 Å². The molecule has 0 radical (unpaired) electrons. The predicted octanol–water partition coefficient (Wildman–Crippen LogP) is 3.09. The molecule has 0 aromatic heterocycles. The van der Waals surface area contributed by atoms with Gasteiger partial charge in [0.2, 0.25) is 5.91 Å². The van der Waals surface area contributed by atoms with E-state index in [1.165, 1.54) is 0 Å². The Hall–Kier alpha value is -1.59. The largest absolute Gasteiger partial charge is 0.479 e. The summed E-state index contributed by atoms with van der Waals surface area (Å²) < 4.78 is 0. The van der Waals surface area contributed by atoms with Crippen molar-refractivity contribution in [1.82, 2.24) is 10.2 Å².